The Kier molecular flexibility index (Phi) is 7.16. The maximum Gasteiger partial charge on any atom is 0.164 e. The Labute approximate surface area is 332 Å². The molecule has 0 aliphatic carbocycles. The third-order valence-corrected chi connectivity index (χ3v) is 11.3. The number of furan rings is 2. The smallest absolute Gasteiger partial charge is 0.164 e. The van der Waals surface area contributed by atoms with Gasteiger partial charge in [-0.1, -0.05) is 133 Å². The maximum absolute atomic E-state index is 6.60. The number of hydrogen-bond donors (Lipinski definition) is 0. The summed E-state index contributed by atoms with van der Waals surface area (Å²) in [5.41, 5.74) is 10.5. The van der Waals surface area contributed by atoms with E-state index in [0.29, 0.717) is 17.5 Å². The van der Waals surface area contributed by atoms with E-state index in [1.165, 1.54) is 21.9 Å². The second-order valence-corrected chi connectivity index (χ2v) is 14.8. The average molecular weight is 742 g/mol. The van der Waals surface area contributed by atoms with Gasteiger partial charge < -0.3 is 8.83 Å². The molecule has 58 heavy (non-hydrogen) atoms. The Morgan fingerprint density at radius 1 is 0.276 bits per heavy atom. The van der Waals surface area contributed by atoms with E-state index in [9.17, 15) is 0 Å². The molecular formula is C53H31N3O2. The third-order valence-electron chi connectivity index (χ3n) is 11.3. The summed E-state index contributed by atoms with van der Waals surface area (Å²) in [4.78, 5) is 15.5. The minimum Gasteiger partial charge on any atom is -0.456 e. The maximum atomic E-state index is 6.60. The highest BCUT2D eigenvalue weighted by atomic mass is 16.3. The molecule has 0 atom stereocenters. The average Bonchev–Trinajstić information content (AvgIpc) is 3.86. The van der Waals surface area contributed by atoms with Crippen LogP contribution in [0.4, 0.5) is 0 Å². The Bertz CT molecular complexity index is 3580. The van der Waals surface area contributed by atoms with Crippen molar-refractivity contribution in [2.24, 2.45) is 0 Å². The minimum atomic E-state index is 0.559. The summed E-state index contributed by atoms with van der Waals surface area (Å²) in [5, 5.41) is 8.78. The lowest BCUT2D eigenvalue weighted by molar-refractivity contribution is 0.668. The van der Waals surface area contributed by atoms with Crippen LogP contribution < -0.4 is 0 Å². The number of para-hydroxylation sites is 1. The fourth-order valence-electron chi connectivity index (χ4n) is 8.38. The molecule has 0 amide bonds. The van der Waals surface area contributed by atoms with Crippen molar-refractivity contribution in [3.8, 4) is 56.4 Å². The van der Waals surface area contributed by atoms with Crippen molar-refractivity contribution in [3.05, 3.63) is 188 Å². The van der Waals surface area contributed by atoms with Crippen molar-refractivity contribution in [3.63, 3.8) is 0 Å². The van der Waals surface area contributed by atoms with Crippen molar-refractivity contribution in [2.75, 3.05) is 0 Å². The molecule has 5 nitrogen and oxygen atoms in total. The van der Waals surface area contributed by atoms with Gasteiger partial charge >= 0.3 is 0 Å². The normalized spacial score (nSPS) is 11.8. The van der Waals surface area contributed by atoms with Gasteiger partial charge in [-0.15, -0.1) is 0 Å². The van der Waals surface area contributed by atoms with Crippen molar-refractivity contribution < 1.29 is 8.83 Å². The molecule has 0 fully saturated rings. The van der Waals surface area contributed by atoms with Crippen molar-refractivity contribution in [1.29, 1.82) is 0 Å². The Morgan fingerprint density at radius 2 is 0.776 bits per heavy atom. The van der Waals surface area contributed by atoms with Crippen molar-refractivity contribution in [1.82, 2.24) is 15.0 Å². The predicted octanol–water partition coefficient (Wildman–Crippen LogP) is 14.3. The molecule has 0 saturated carbocycles. The lowest BCUT2D eigenvalue weighted by Gasteiger charge is -2.10. The molecule has 12 aromatic rings. The van der Waals surface area contributed by atoms with Crippen LogP contribution in [-0.4, -0.2) is 15.0 Å². The zero-order chi connectivity index (χ0) is 38.2. The van der Waals surface area contributed by atoms with Gasteiger partial charge in [0, 0.05) is 38.2 Å². The van der Waals surface area contributed by atoms with E-state index in [0.717, 1.165) is 82.5 Å². The zero-order valence-electron chi connectivity index (χ0n) is 31.1. The van der Waals surface area contributed by atoms with E-state index in [1.807, 2.05) is 42.5 Å². The van der Waals surface area contributed by atoms with E-state index in [4.69, 9.17) is 23.8 Å². The minimum absolute atomic E-state index is 0.559. The largest absolute Gasteiger partial charge is 0.456 e. The summed E-state index contributed by atoms with van der Waals surface area (Å²) in [6.07, 6.45) is 0. The first-order valence-corrected chi connectivity index (χ1v) is 19.4. The molecule has 0 aliphatic rings. The lowest BCUT2D eigenvalue weighted by atomic mass is 9.99. The topological polar surface area (TPSA) is 65.0 Å². The summed E-state index contributed by atoms with van der Waals surface area (Å²) in [6, 6.07) is 65.3. The second-order valence-electron chi connectivity index (χ2n) is 14.8. The number of aromatic nitrogens is 3. The molecular weight excluding hydrogens is 711 g/mol. The number of hydrogen-bond acceptors (Lipinski definition) is 5. The molecule has 3 aromatic heterocycles. The van der Waals surface area contributed by atoms with E-state index in [2.05, 4.69) is 146 Å². The van der Waals surface area contributed by atoms with E-state index >= 15 is 0 Å². The van der Waals surface area contributed by atoms with Crippen LogP contribution in [0.15, 0.2) is 197 Å². The van der Waals surface area contributed by atoms with Crippen LogP contribution >= 0.6 is 0 Å². The van der Waals surface area contributed by atoms with Crippen LogP contribution in [-0.2, 0) is 0 Å². The van der Waals surface area contributed by atoms with E-state index in [1.54, 1.807) is 0 Å². The SMILES string of the molecule is c1ccc(-c2ccc3cc(-c4nc(-c5ccc6c(c5)oc5cc(-c7ccc8ccccc8c7)ccc56)nc(-c5cccc6oc7ccccc7c56)n4)ccc3c2)cc1. The Balaban J connectivity index is 1.00. The highest BCUT2D eigenvalue weighted by molar-refractivity contribution is 6.12. The van der Waals surface area contributed by atoms with E-state index in [-0.39, 0.29) is 0 Å². The molecule has 5 heteroatoms. The van der Waals surface area contributed by atoms with Crippen LogP contribution in [0.25, 0.3) is 122 Å². The molecule has 0 bridgehead atoms. The summed E-state index contributed by atoms with van der Waals surface area (Å²) in [7, 11) is 0. The molecule has 0 aliphatic heterocycles. The highest BCUT2D eigenvalue weighted by Gasteiger charge is 2.19. The van der Waals surface area contributed by atoms with Gasteiger partial charge in [0.15, 0.2) is 17.5 Å². The number of benzene rings is 9. The van der Waals surface area contributed by atoms with E-state index < -0.39 is 0 Å². The summed E-state index contributed by atoms with van der Waals surface area (Å²) in [6.45, 7) is 0. The third kappa shape index (κ3) is 5.36. The van der Waals surface area contributed by atoms with Crippen LogP contribution in [0.1, 0.15) is 0 Å². The molecule has 270 valence electrons. The molecule has 0 spiro atoms. The standard InChI is InChI=1S/C53H31N3O2/c1-2-9-32(10-3-1)35-19-20-38-29-40(22-21-36(38)28-35)51-54-52(56-53(55-51)45-14-8-16-47-50(45)44-13-6-7-15-46(44)57-47)41-24-26-43-42-25-23-39(30-48(42)58-49(43)31-41)37-18-17-33-11-4-5-12-34(33)27-37/h1-31H. The summed E-state index contributed by atoms with van der Waals surface area (Å²) >= 11 is 0. The van der Waals surface area contributed by atoms with Gasteiger partial charge in [-0.25, -0.2) is 15.0 Å². The number of nitrogens with zero attached hydrogens (tertiary/aromatic N) is 3. The molecule has 0 N–H and O–H groups in total. The summed E-state index contributed by atoms with van der Waals surface area (Å²) in [5.74, 6) is 1.72. The fourth-order valence-corrected chi connectivity index (χ4v) is 8.38. The van der Waals surface area contributed by atoms with Gasteiger partial charge in [0.1, 0.15) is 22.3 Å². The molecule has 9 aromatic carbocycles. The first-order valence-electron chi connectivity index (χ1n) is 19.4. The molecule has 3 heterocycles. The summed E-state index contributed by atoms with van der Waals surface area (Å²) < 4.78 is 12.9. The van der Waals surface area contributed by atoms with Crippen LogP contribution in [0.5, 0.6) is 0 Å². The van der Waals surface area contributed by atoms with Crippen LogP contribution in [0.3, 0.4) is 0 Å². The Hall–Kier alpha value is -7.89. The van der Waals surface area contributed by atoms with Crippen molar-refractivity contribution >= 4 is 65.4 Å². The fraction of sp³-hybridized carbons (Fsp3) is 0. The van der Waals surface area contributed by atoms with Gasteiger partial charge in [-0.05, 0) is 98.4 Å². The molecule has 0 saturated heterocycles. The number of rotatable bonds is 5. The van der Waals surface area contributed by atoms with Gasteiger partial charge in [0.2, 0.25) is 0 Å². The lowest BCUT2D eigenvalue weighted by Crippen LogP contribution is -2.00. The van der Waals surface area contributed by atoms with Crippen molar-refractivity contribution in [2.45, 2.75) is 0 Å². The zero-order valence-corrected chi connectivity index (χ0v) is 31.1. The predicted molar refractivity (Wildman–Crippen MR) is 237 cm³/mol. The Morgan fingerprint density at radius 3 is 1.57 bits per heavy atom. The van der Waals surface area contributed by atoms with Crippen LogP contribution in [0, 0.1) is 0 Å². The molecule has 0 unspecified atom stereocenters. The number of fused-ring (bicyclic) bond motifs is 8. The quantitative estimate of drug-likeness (QED) is 0.176. The van der Waals surface area contributed by atoms with Gasteiger partial charge in [-0.3, -0.25) is 0 Å². The van der Waals surface area contributed by atoms with Gasteiger partial charge in [0.05, 0.1) is 0 Å². The highest BCUT2D eigenvalue weighted by Crippen LogP contribution is 2.39. The molecule has 0 radical (unpaired) electrons. The first kappa shape index (κ1) is 32.4. The first-order chi connectivity index (χ1) is 28.7. The van der Waals surface area contributed by atoms with Crippen LogP contribution in [0.2, 0.25) is 0 Å². The molecule has 12 rings (SSSR count). The second kappa shape index (κ2) is 12.8. The van der Waals surface area contributed by atoms with Gasteiger partial charge in [0.25, 0.3) is 0 Å². The van der Waals surface area contributed by atoms with Gasteiger partial charge in [-0.2, -0.15) is 0 Å². The monoisotopic (exact) mass is 741 g/mol.